The van der Waals surface area contributed by atoms with E-state index < -0.39 is 0 Å². The Morgan fingerprint density at radius 1 is 1.31 bits per heavy atom. The minimum Gasteiger partial charge on any atom is -0.509 e. The smallest absolute Gasteiger partial charge is 0.152 e. The lowest BCUT2D eigenvalue weighted by Gasteiger charge is -2.09. The molecular formula is C13H22O3. The molecule has 2 N–H and O–H groups in total. The van der Waals surface area contributed by atoms with Gasteiger partial charge in [0.25, 0.3) is 0 Å². The number of rotatable bonds is 6. The molecule has 0 heterocycles. The number of hydrogen-bond acceptors (Lipinski definition) is 3. The highest BCUT2D eigenvalue weighted by molar-refractivity contribution is 5.77. The summed E-state index contributed by atoms with van der Waals surface area (Å²) in [5.74, 6) is 0.0720. The fourth-order valence-corrected chi connectivity index (χ4v) is 1.25. The average molecular weight is 226 g/mol. The zero-order chi connectivity index (χ0) is 12.7. The molecule has 0 rings (SSSR count). The summed E-state index contributed by atoms with van der Waals surface area (Å²) in [5, 5.41) is 18.5. The molecule has 1 unspecified atom stereocenters. The molecule has 0 aromatic heterocycles. The third kappa shape index (κ3) is 5.59. The van der Waals surface area contributed by atoms with Crippen LogP contribution in [-0.4, -0.2) is 16.0 Å². The Balaban J connectivity index is 4.43. The van der Waals surface area contributed by atoms with Gasteiger partial charge in [0.1, 0.15) is 11.5 Å². The summed E-state index contributed by atoms with van der Waals surface area (Å²) >= 11 is 0. The van der Waals surface area contributed by atoms with Gasteiger partial charge in [0, 0.05) is 5.92 Å². The second kappa shape index (κ2) is 7.09. The maximum Gasteiger partial charge on any atom is 0.152 e. The van der Waals surface area contributed by atoms with E-state index >= 15 is 0 Å². The van der Waals surface area contributed by atoms with Crippen LogP contribution in [0.3, 0.4) is 0 Å². The molecule has 3 nitrogen and oxygen atoms in total. The molecule has 0 aliphatic heterocycles. The first-order valence-electron chi connectivity index (χ1n) is 5.67. The minimum atomic E-state index is -0.0904. The van der Waals surface area contributed by atoms with Crippen molar-refractivity contribution in [3.8, 4) is 0 Å². The van der Waals surface area contributed by atoms with Crippen LogP contribution in [0.2, 0.25) is 0 Å². The second-order valence-corrected chi connectivity index (χ2v) is 4.18. The quantitative estimate of drug-likeness (QED) is 0.536. The van der Waals surface area contributed by atoms with Crippen LogP contribution in [0.25, 0.3) is 0 Å². The van der Waals surface area contributed by atoms with E-state index in [-0.39, 0.29) is 23.2 Å². The van der Waals surface area contributed by atoms with Crippen LogP contribution in [0.4, 0.5) is 0 Å². The van der Waals surface area contributed by atoms with Crippen LogP contribution in [0, 0.1) is 5.92 Å². The van der Waals surface area contributed by atoms with Crippen molar-refractivity contribution >= 4 is 5.78 Å². The molecule has 0 radical (unpaired) electrons. The number of aliphatic hydroxyl groups is 2. The van der Waals surface area contributed by atoms with E-state index in [1.54, 1.807) is 13.0 Å². The number of ketones is 1. The Labute approximate surface area is 97.5 Å². The molecule has 0 bridgehead atoms. The van der Waals surface area contributed by atoms with E-state index in [2.05, 4.69) is 0 Å². The maximum absolute atomic E-state index is 11.1. The van der Waals surface area contributed by atoms with Gasteiger partial charge < -0.3 is 10.2 Å². The summed E-state index contributed by atoms with van der Waals surface area (Å²) in [7, 11) is 0. The largest absolute Gasteiger partial charge is 0.509 e. The first kappa shape index (κ1) is 14.8. The summed E-state index contributed by atoms with van der Waals surface area (Å²) < 4.78 is 0. The van der Waals surface area contributed by atoms with Crippen LogP contribution >= 0.6 is 0 Å². The first-order valence-corrected chi connectivity index (χ1v) is 5.67. The molecule has 92 valence electrons. The van der Waals surface area contributed by atoms with Gasteiger partial charge in [-0.3, -0.25) is 4.79 Å². The molecule has 0 aromatic carbocycles. The van der Waals surface area contributed by atoms with Crippen molar-refractivity contribution in [3.05, 3.63) is 23.2 Å². The summed E-state index contributed by atoms with van der Waals surface area (Å²) in [6.07, 6.45) is 3.95. The highest BCUT2D eigenvalue weighted by atomic mass is 16.3. The number of aliphatic hydroxyl groups excluding tert-OH is 2. The van der Waals surface area contributed by atoms with E-state index in [4.69, 9.17) is 5.11 Å². The fraction of sp³-hybridized carbons (Fsp3) is 0.615. The number of Topliss-reactive ketones (excluding diaryl/α,β-unsaturated/α-hetero) is 1. The highest BCUT2D eigenvalue weighted by Crippen LogP contribution is 2.17. The standard InChI is InChI=1S/C13H22O3/c1-5-12(8-13(16)11(4)15)7-6-9(2)10(3)14/h8-9,15-16H,5-7H2,1-4H3/b12-8+,13-11-. The lowest BCUT2D eigenvalue weighted by atomic mass is 9.96. The SMILES string of the molecule is CC/C(=C\C(O)=C(/C)O)CCC(C)C(C)=O. The third-order valence-corrected chi connectivity index (χ3v) is 2.76. The van der Waals surface area contributed by atoms with Gasteiger partial charge in [-0.05, 0) is 39.2 Å². The van der Waals surface area contributed by atoms with E-state index in [9.17, 15) is 9.90 Å². The fourth-order valence-electron chi connectivity index (χ4n) is 1.25. The maximum atomic E-state index is 11.1. The van der Waals surface area contributed by atoms with Gasteiger partial charge in [0.2, 0.25) is 0 Å². The van der Waals surface area contributed by atoms with Crippen LogP contribution in [0.5, 0.6) is 0 Å². The summed E-state index contributed by atoms with van der Waals surface area (Å²) in [6.45, 7) is 6.93. The number of hydrogen-bond donors (Lipinski definition) is 2. The molecule has 0 saturated carbocycles. The van der Waals surface area contributed by atoms with Crippen molar-refractivity contribution in [1.29, 1.82) is 0 Å². The minimum absolute atomic E-state index is 0.0521. The zero-order valence-electron chi connectivity index (χ0n) is 10.6. The number of carbonyl (C=O) groups excluding carboxylic acids is 1. The Kier molecular flexibility index (Phi) is 6.54. The van der Waals surface area contributed by atoms with E-state index in [0.717, 1.165) is 24.8 Å². The van der Waals surface area contributed by atoms with Crippen molar-refractivity contribution in [1.82, 2.24) is 0 Å². The highest BCUT2D eigenvalue weighted by Gasteiger charge is 2.08. The van der Waals surface area contributed by atoms with Crippen molar-refractivity contribution < 1.29 is 15.0 Å². The predicted octanol–water partition coefficient (Wildman–Crippen LogP) is 3.68. The molecule has 16 heavy (non-hydrogen) atoms. The molecule has 0 fully saturated rings. The Morgan fingerprint density at radius 2 is 1.88 bits per heavy atom. The monoisotopic (exact) mass is 226 g/mol. The normalized spacial score (nSPS) is 15.6. The molecule has 0 saturated heterocycles. The first-order chi connectivity index (χ1) is 7.38. The Bertz CT molecular complexity index is 296. The van der Waals surface area contributed by atoms with E-state index in [1.165, 1.54) is 6.92 Å². The molecule has 0 spiro atoms. The van der Waals surface area contributed by atoms with Crippen molar-refractivity contribution in [2.75, 3.05) is 0 Å². The Morgan fingerprint density at radius 3 is 2.25 bits per heavy atom. The molecule has 1 atom stereocenters. The molecule has 0 aliphatic carbocycles. The summed E-state index contributed by atoms with van der Waals surface area (Å²) in [6, 6.07) is 0. The molecule has 0 aromatic rings. The van der Waals surface area contributed by atoms with Crippen LogP contribution in [-0.2, 0) is 4.79 Å². The molecular weight excluding hydrogens is 204 g/mol. The van der Waals surface area contributed by atoms with Gasteiger partial charge in [-0.1, -0.05) is 19.4 Å². The van der Waals surface area contributed by atoms with Crippen LogP contribution in [0.15, 0.2) is 23.2 Å². The van der Waals surface area contributed by atoms with E-state index in [1.807, 2.05) is 13.8 Å². The van der Waals surface area contributed by atoms with Gasteiger partial charge in [0.15, 0.2) is 5.76 Å². The van der Waals surface area contributed by atoms with Gasteiger partial charge in [-0.15, -0.1) is 0 Å². The van der Waals surface area contributed by atoms with Gasteiger partial charge in [-0.25, -0.2) is 0 Å². The van der Waals surface area contributed by atoms with Gasteiger partial charge in [-0.2, -0.15) is 0 Å². The zero-order valence-corrected chi connectivity index (χ0v) is 10.6. The number of allylic oxidation sites excluding steroid dienone is 3. The molecule has 0 amide bonds. The number of carbonyl (C=O) groups is 1. The lowest BCUT2D eigenvalue weighted by Crippen LogP contribution is -2.06. The van der Waals surface area contributed by atoms with Crippen LogP contribution < -0.4 is 0 Å². The predicted molar refractivity (Wildman–Crippen MR) is 65.4 cm³/mol. The summed E-state index contributed by atoms with van der Waals surface area (Å²) in [4.78, 5) is 11.1. The second-order valence-electron chi connectivity index (χ2n) is 4.18. The van der Waals surface area contributed by atoms with Crippen molar-refractivity contribution in [3.63, 3.8) is 0 Å². The third-order valence-electron chi connectivity index (χ3n) is 2.76. The van der Waals surface area contributed by atoms with E-state index in [0.29, 0.717) is 0 Å². The van der Waals surface area contributed by atoms with Crippen molar-refractivity contribution in [2.45, 2.75) is 47.0 Å². The molecule has 3 heteroatoms. The van der Waals surface area contributed by atoms with Crippen molar-refractivity contribution in [2.24, 2.45) is 5.92 Å². The van der Waals surface area contributed by atoms with Gasteiger partial charge >= 0.3 is 0 Å². The average Bonchev–Trinajstić information content (AvgIpc) is 2.22. The molecule has 0 aliphatic rings. The van der Waals surface area contributed by atoms with Gasteiger partial charge in [0.05, 0.1) is 0 Å². The topological polar surface area (TPSA) is 57.5 Å². The van der Waals surface area contributed by atoms with Crippen LogP contribution in [0.1, 0.15) is 47.0 Å². The summed E-state index contributed by atoms with van der Waals surface area (Å²) in [5.41, 5.74) is 1.04. The Hall–Kier alpha value is -1.25. The lowest BCUT2D eigenvalue weighted by molar-refractivity contribution is -0.120.